The maximum atomic E-state index is 4.68. The maximum Gasteiger partial charge on any atom is 0.168 e. The zero-order valence-electron chi connectivity index (χ0n) is 26.5. The van der Waals surface area contributed by atoms with Gasteiger partial charge >= 0.3 is 0 Å². The average molecular weight is 628 g/mol. The van der Waals surface area contributed by atoms with Crippen LogP contribution in [0, 0.1) is 0 Å². The predicted octanol–water partition coefficient (Wildman–Crippen LogP) is 10.8. The normalized spacial score (nSPS) is 11.7. The molecule has 10 rings (SSSR count). The number of nitrogens with zero attached hydrogens (tertiary/aromatic N) is 5. The lowest BCUT2D eigenvalue weighted by Crippen LogP contribution is -2.01. The van der Waals surface area contributed by atoms with E-state index in [1.54, 1.807) is 0 Å². The van der Waals surface area contributed by atoms with Gasteiger partial charge in [0.05, 0.1) is 16.6 Å². The largest absolute Gasteiger partial charge is 0.316 e. The van der Waals surface area contributed by atoms with E-state index in [2.05, 4.69) is 164 Å². The molecule has 0 saturated heterocycles. The van der Waals surface area contributed by atoms with Crippen molar-refractivity contribution in [3.8, 4) is 39.8 Å². The van der Waals surface area contributed by atoms with Gasteiger partial charge in [-0.05, 0) is 71.4 Å². The van der Waals surface area contributed by atoms with Gasteiger partial charge in [0.1, 0.15) is 0 Å². The fourth-order valence-corrected chi connectivity index (χ4v) is 7.34. The molecule has 10 aromatic rings. The first-order chi connectivity index (χ1) is 24.3. The highest BCUT2D eigenvalue weighted by molar-refractivity contribution is 6.23. The van der Waals surface area contributed by atoms with Gasteiger partial charge in [-0.1, -0.05) is 109 Å². The van der Waals surface area contributed by atoms with Crippen LogP contribution >= 0.6 is 0 Å². The van der Waals surface area contributed by atoms with Crippen molar-refractivity contribution >= 4 is 43.5 Å². The monoisotopic (exact) mass is 627 g/mol. The molecule has 0 aliphatic rings. The fraction of sp³-hybridized carbons (Fsp3) is 0. The van der Waals surface area contributed by atoms with Crippen molar-refractivity contribution in [2.24, 2.45) is 0 Å². The summed E-state index contributed by atoms with van der Waals surface area (Å²) in [6.45, 7) is 0. The summed E-state index contributed by atoms with van der Waals surface area (Å²) < 4.78 is 6.84. The number of para-hydroxylation sites is 1. The van der Waals surface area contributed by atoms with E-state index in [4.69, 9.17) is 0 Å². The summed E-state index contributed by atoms with van der Waals surface area (Å²) in [7, 11) is 0. The molecule has 0 amide bonds. The second-order valence-corrected chi connectivity index (χ2v) is 12.4. The Morgan fingerprint density at radius 3 is 1.63 bits per heavy atom. The van der Waals surface area contributed by atoms with Crippen LogP contribution < -0.4 is 0 Å². The van der Waals surface area contributed by atoms with Gasteiger partial charge in [-0.3, -0.25) is 4.57 Å². The third-order valence-electron chi connectivity index (χ3n) is 9.59. The van der Waals surface area contributed by atoms with Gasteiger partial charge in [0, 0.05) is 50.5 Å². The topological polar surface area (TPSA) is 40.6 Å². The van der Waals surface area contributed by atoms with Gasteiger partial charge in [-0.15, -0.1) is 10.2 Å². The number of fused-ring (bicyclic) bond motifs is 6. The minimum Gasteiger partial charge on any atom is -0.316 e. The molecular weight excluding hydrogens is 599 g/mol. The van der Waals surface area contributed by atoms with Crippen LogP contribution in [0.1, 0.15) is 0 Å². The minimum atomic E-state index is 0.805. The second-order valence-electron chi connectivity index (χ2n) is 12.4. The smallest absolute Gasteiger partial charge is 0.168 e. The molecule has 49 heavy (non-hydrogen) atoms. The third-order valence-corrected chi connectivity index (χ3v) is 9.59. The Kier molecular flexibility index (Phi) is 6.11. The lowest BCUT2D eigenvalue weighted by atomic mass is 10.0. The Labute approximate surface area is 282 Å². The van der Waals surface area contributed by atoms with Crippen molar-refractivity contribution in [2.75, 3.05) is 0 Å². The summed E-state index contributed by atoms with van der Waals surface area (Å²) in [5.74, 6) is 1.61. The molecule has 3 heterocycles. The van der Waals surface area contributed by atoms with Crippen LogP contribution in [0.3, 0.4) is 0 Å². The molecule has 0 aliphatic carbocycles. The molecule has 0 aliphatic heterocycles. The van der Waals surface area contributed by atoms with E-state index < -0.39 is 0 Å². The highest BCUT2D eigenvalue weighted by Gasteiger charge is 2.20. The molecule has 7 aromatic carbocycles. The van der Waals surface area contributed by atoms with Crippen LogP contribution in [-0.4, -0.2) is 23.9 Å². The van der Waals surface area contributed by atoms with Crippen LogP contribution in [0.25, 0.3) is 83.3 Å². The zero-order chi connectivity index (χ0) is 32.3. The van der Waals surface area contributed by atoms with Crippen molar-refractivity contribution in [1.29, 1.82) is 0 Å². The molecule has 0 bridgehead atoms. The van der Waals surface area contributed by atoms with E-state index in [9.17, 15) is 0 Å². The third kappa shape index (κ3) is 4.33. The van der Waals surface area contributed by atoms with Crippen molar-refractivity contribution in [1.82, 2.24) is 23.9 Å². The molecular formula is C44H29N5. The van der Waals surface area contributed by atoms with Crippen LogP contribution in [0.5, 0.6) is 0 Å². The summed E-state index contributed by atoms with van der Waals surface area (Å²) in [5.41, 5.74) is 8.79. The standard InChI is InChI=1S/C44H29N5/c1-4-13-31(14-5-1)43-45-46-44(32-15-6-2-7-16-32)49(43)36-23-21-35(22-24-36)48-39-25-20-30-12-10-11-19-37(30)42(39)38-28-33-26-27-47(40(33)29-41(38)48)34-17-8-3-9-18-34/h1-29H. The fourth-order valence-electron chi connectivity index (χ4n) is 7.34. The van der Waals surface area contributed by atoms with Gasteiger partial charge in [0.2, 0.25) is 0 Å². The van der Waals surface area contributed by atoms with E-state index in [0.717, 1.165) is 39.8 Å². The van der Waals surface area contributed by atoms with E-state index in [-0.39, 0.29) is 0 Å². The summed E-state index contributed by atoms with van der Waals surface area (Å²) >= 11 is 0. The molecule has 3 aromatic heterocycles. The Hall–Kier alpha value is -6.72. The van der Waals surface area contributed by atoms with Crippen LogP contribution in [0.15, 0.2) is 176 Å². The Bertz CT molecular complexity index is 2730. The molecule has 0 saturated carbocycles. The molecule has 0 atom stereocenters. The Morgan fingerprint density at radius 2 is 0.959 bits per heavy atom. The van der Waals surface area contributed by atoms with Crippen molar-refractivity contribution in [2.45, 2.75) is 0 Å². The first-order valence-electron chi connectivity index (χ1n) is 16.5. The first kappa shape index (κ1) is 27.4. The summed E-state index contributed by atoms with van der Waals surface area (Å²) in [6.07, 6.45) is 2.17. The lowest BCUT2D eigenvalue weighted by molar-refractivity contribution is 1.07. The molecule has 0 spiro atoms. The lowest BCUT2D eigenvalue weighted by Gasteiger charge is -2.13. The van der Waals surface area contributed by atoms with Gasteiger partial charge < -0.3 is 9.13 Å². The van der Waals surface area contributed by atoms with Crippen LogP contribution in [0.4, 0.5) is 0 Å². The first-order valence-corrected chi connectivity index (χ1v) is 16.5. The van der Waals surface area contributed by atoms with Gasteiger partial charge in [-0.2, -0.15) is 0 Å². The summed E-state index contributed by atoms with van der Waals surface area (Å²) in [5, 5.41) is 15.6. The number of hydrogen-bond acceptors (Lipinski definition) is 2. The van der Waals surface area contributed by atoms with Gasteiger partial charge in [-0.25, -0.2) is 0 Å². The number of aromatic nitrogens is 5. The summed E-state index contributed by atoms with van der Waals surface area (Å²) in [4.78, 5) is 0. The second kappa shape index (κ2) is 10.9. The molecule has 5 heteroatoms. The average Bonchev–Trinajstić information content (AvgIpc) is 3.89. The van der Waals surface area contributed by atoms with Crippen LogP contribution in [-0.2, 0) is 0 Å². The quantitative estimate of drug-likeness (QED) is 0.190. The van der Waals surface area contributed by atoms with Crippen molar-refractivity contribution < 1.29 is 0 Å². The minimum absolute atomic E-state index is 0.805. The highest BCUT2D eigenvalue weighted by atomic mass is 15.3. The number of rotatable bonds is 5. The Morgan fingerprint density at radius 1 is 0.367 bits per heavy atom. The molecule has 5 nitrogen and oxygen atoms in total. The molecule has 0 unspecified atom stereocenters. The van der Waals surface area contributed by atoms with Crippen molar-refractivity contribution in [3.63, 3.8) is 0 Å². The number of hydrogen-bond donors (Lipinski definition) is 0. The van der Waals surface area contributed by atoms with Crippen LogP contribution in [0.2, 0.25) is 0 Å². The van der Waals surface area contributed by atoms with Crippen molar-refractivity contribution in [3.05, 3.63) is 176 Å². The van der Waals surface area contributed by atoms with E-state index in [0.29, 0.717) is 0 Å². The predicted molar refractivity (Wildman–Crippen MR) is 201 cm³/mol. The van der Waals surface area contributed by atoms with E-state index in [1.165, 1.54) is 43.5 Å². The highest BCUT2D eigenvalue weighted by Crippen LogP contribution is 2.40. The summed E-state index contributed by atoms with van der Waals surface area (Å²) in [6, 6.07) is 60.0. The molecule has 230 valence electrons. The van der Waals surface area contributed by atoms with E-state index >= 15 is 0 Å². The van der Waals surface area contributed by atoms with E-state index in [1.807, 2.05) is 36.4 Å². The maximum absolute atomic E-state index is 4.68. The molecule has 0 radical (unpaired) electrons. The molecule has 0 N–H and O–H groups in total. The SMILES string of the molecule is c1ccc(-c2nnc(-c3ccccc3)n2-c2ccc(-n3c4cc5c(ccn5-c5ccccc5)cc4c4c5ccccc5ccc43)cc2)cc1. The van der Waals surface area contributed by atoms with Gasteiger partial charge in [0.15, 0.2) is 11.6 Å². The zero-order valence-corrected chi connectivity index (χ0v) is 26.5. The molecule has 0 fully saturated rings. The number of benzene rings is 7. The Balaban J connectivity index is 1.21. The van der Waals surface area contributed by atoms with Gasteiger partial charge in [0.25, 0.3) is 0 Å².